The highest BCUT2D eigenvalue weighted by Gasteiger charge is 2.36. The molecule has 0 aliphatic carbocycles. The molecule has 1 aromatic heterocycles. The van der Waals surface area contributed by atoms with Gasteiger partial charge >= 0.3 is 0 Å². The standard InChI is InChI=1S/C16H17ClN4O4S/c1-24-8-13-19-20-16(26-13)18-15(23)9-5-14(22)21(7-9)11-6-10(17)3-4-12(11)25-2/h3-4,6,9H,5,7-8H2,1-2H3,(H,18,20,23)/t9-/m0/s1. The van der Waals surface area contributed by atoms with E-state index in [0.717, 1.165) is 0 Å². The first kappa shape index (κ1) is 18.6. The molecule has 10 heteroatoms. The van der Waals surface area contributed by atoms with Gasteiger partial charge in [0.2, 0.25) is 16.9 Å². The molecule has 0 unspecified atom stereocenters. The lowest BCUT2D eigenvalue weighted by Crippen LogP contribution is -2.28. The molecule has 1 aliphatic rings. The number of hydrogen-bond donors (Lipinski definition) is 1. The average Bonchev–Trinajstić information content (AvgIpc) is 3.21. The quantitative estimate of drug-likeness (QED) is 0.805. The van der Waals surface area contributed by atoms with E-state index in [1.807, 2.05) is 0 Å². The minimum Gasteiger partial charge on any atom is -0.495 e. The number of ether oxygens (including phenoxy) is 2. The minimum atomic E-state index is -0.499. The van der Waals surface area contributed by atoms with Crippen molar-refractivity contribution < 1.29 is 19.1 Å². The number of anilines is 2. The molecule has 0 bridgehead atoms. The monoisotopic (exact) mass is 396 g/mol. The first-order valence-corrected chi connectivity index (χ1v) is 8.97. The van der Waals surface area contributed by atoms with Crippen LogP contribution in [0.1, 0.15) is 11.4 Å². The topological polar surface area (TPSA) is 93.7 Å². The normalized spacial score (nSPS) is 16.8. The highest BCUT2D eigenvalue weighted by Crippen LogP contribution is 2.35. The Morgan fingerprint density at radius 3 is 2.96 bits per heavy atom. The van der Waals surface area contributed by atoms with Gasteiger partial charge in [0.05, 0.1) is 18.7 Å². The molecule has 2 aromatic rings. The van der Waals surface area contributed by atoms with E-state index in [9.17, 15) is 9.59 Å². The van der Waals surface area contributed by atoms with Crippen LogP contribution in [0.5, 0.6) is 5.75 Å². The molecule has 1 aromatic carbocycles. The Hall–Kier alpha value is -2.23. The summed E-state index contributed by atoms with van der Waals surface area (Å²) in [6.07, 6.45) is 0.102. The number of amides is 2. The van der Waals surface area contributed by atoms with Crippen LogP contribution in [0.25, 0.3) is 0 Å². The molecule has 8 nitrogen and oxygen atoms in total. The third-order valence-electron chi connectivity index (χ3n) is 3.89. The van der Waals surface area contributed by atoms with Gasteiger partial charge in [-0.2, -0.15) is 0 Å². The van der Waals surface area contributed by atoms with E-state index in [4.69, 9.17) is 21.1 Å². The highest BCUT2D eigenvalue weighted by molar-refractivity contribution is 7.15. The molecule has 0 saturated carbocycles. The summed E-state index contributed by atoms with van der Waals surface area (Å²) in [7, 11) is 3.08. The van der Waals surface area contributed by atoms with Gasteiger partial charge < -0.3 is 19.7 Å². The molecule has 1 saturated heterocycles. The van der Waals surface area contributed by atoms with Crippen LogP contribution in [0.15, 0.2) is 18.2 Å². The van der Waals surface area contributed by atoms with E-state index in [1.165, 1.54) is 23.3 Å². The van der Waals surface area contributed by atoms with E-state index >= 15 is 0 Å². The van der Waals surface area contributed by atoms with Crippen LogP contribution in [0.4, 0.5) is 10.8 Å². The molecule has 1 fully saturated rings. The first-order valence-electron chi connectivity index (χ1n) is 7.78. The summed E-state index contributed by atoms with van der Waals surface area (Å²) in [5.41, 5.74) is 0.554. The van der Waals surface area contributed by atoms with Gasteiger partial charge in [-0.3, -0.25) is 9.59 Å². The van der Waals surface area contributed by atoms with Crippen molar-refractivity contribution in [3.63, 3.8) is 0 Å². The number of aromatic nitrogens is 2. The van der Waals surface area contributed by atoms with E-state index in [-0.39, 0.29) is 24.8 Å². The number of rotatable bonds is 6. The summed E-state index contributed by atoms with van der Waals surface area (Å²) in [6.45, 7) is 0.572. The van der Waals surface area contributed by atoms with Crippen LogP contribution < -0.4 is 15.0 Å². The van der Waals surface area contributed by atoms with Crippen LogP contribution in [-0.4, -0.2) is 42.8 Å². The Kier molecular flexibility index (Phi) is 5.70. The van der Waals surface area contributed by atoms with E-state index in [0.29, 0.717) is 33.2 Å². The number of halogens is 1. The van der Waals surface area contributed by atoms with Crippen LogP contribution in [0.2, 0.25) is 5.02 Å². The van der Waals surface area contributed by atoms with Crippen molar-refractivity contribution in [2.24, 2.45) is 5.92 Å². The number of nitrogens with one attached hydrogen (secondary N) is 1. The van der Waals surface area contributed by atoms with Crippen LogP contribution in [0, 0.1) is 5.92 Å². The number of nitrogens with zero attached hydrogens (tertiary/aromatic N) is 3. The van der Waals surface area contributed by atoms with Crippen molar-refractivity contribution in [1.82, 2.24) is 10.2 Å². The highest BCUT2D eigenvalue weighted by atomic mass is 35.5. The Morgan fingerprint density at radius 1 is 1.42 bits per heavy atom. The Labute approximate surface area is 159 Å². The average molecular weight is 397 g/mol. The fourth-order valence-electron chi connectivity index (χ4n) is 2.68. The number of carbonyl (C=O) groups is 2. The first-order chi connectivity index (χ1) is 12.5. The van der Waals surface area contributed by atoms with Gasteiger partial charge in [-0.25, -0.2) is 0 Å². The summed E-state index contributed by atoms with van der Waals surface area (Å²) in [6, 6.07) is 5.03. The zero-order valence-electron chi connectivity index (χ0n) is 14.2. The van der Waals surface area contributed by atoms with E-state index in [1.54, 1.807) is 25.3 Å². The zero-order chi connectivity index (χ0) is 18.7. The second-order valence-electron chi connectivity index (χ2n) is 5.64. The van der Waals surface area contributed by atoms with E-state index in [2.05, 4.69) is 15.5 Å². The predicted octanol–water partition coefficient (Wildman–Crippen LogP) is 2.34. The molecular formula is C16H17ClN4O4S. The molecule has 1 atom stereocenters. The molecule has 26 heavy (non-hydrogen) atoms. The SMILES string of the molecule is COCc1nnc(NC(=O)[C@H]2CC(=O)N(c3cc(Cl)ccc3OC)C2)s1. The predicted molar refractivity (Wildman–Crippen MR) is 97.7 cm³/mol. The van der Waals surface area contributed by atoms with Crippen molar-refractivity contribution >= 4 is 45.6 Å². The third kappa shape index (κ3) is 3.95. The largest absolute Gasteiger partial charge is 0.495 e. The number of benzene rings is 1. The second-order valence-corrected chi connectivity index (χ2v) is 7.14. The Balaban J connectivity index is 1.71. The van der Waals surface area contributed by atoms with Gasteiger partial charge in [0.1, 0.15) is 17.4 Å². The van der Waals surface area contributed by atoms with Crippen LogP contribution in [0.3, 0.4) is 0 Å². The molecule has 0 radical (unpaired) electrons. The van der Waals surface area contributed by atoms with Gasteiger partial charge in [0.15, 0.2) is 0 Å². The van der Waals surface area contributed by atoms with E-state index < -0.39 is 5.92 Å². The lowest BCUT2D eigenvalue weighted by atomic mass is 10.1. The molecule has 1 aliphatic heterocycles. The van der Waals surface area contributed by atoms with Crippen molar-refractivity contribution in [3.8, 4) is 5.75 Å². The molecule has 138 valence electrons. The third-order valence-corrected chi connectivity index (χ3v) is 4.94. The molecular weight excluding hydrogens is 380 g/mol. The molecule has 1 N–H and O–H groups in total. The van der Waals surface area contributed by atoms with Crippen molar-refractivity contribution in [1.29, 1.82) is 0 Å². The molecule has 0 spiro atoms. The van der Waals surface area contributed by atoms with Crippen LogP contribution in [-0.2, 0) is 20.9 Å². The Bertz CT molecular complexity index is 828. The zero-order valence-corrected chi connectivity index (χ0v) is 15.8. The van der Waals surface area contributed by atoms with Gasteiger partial charge in [-0.05, 0) is 18.2 Å². The fraction of sp³-hybridized carbons (Fsp3) is 0.375. The fourth-order valence-corrected chi connectivity index (χ4v) is 3.56. The van der Waals surface area contributed by atoms with Crippen molar-refractivity contribution in [2.45, 2.75) is 13.0 Å². The number of carbonyl (C=O) groups excluding carboxylic acids is 2. The smallest absolute Gasteiger partial charge is 0.231 e. The number of hydrogen-bond acceptors (Lipinski definition) is 7. The second kappa shape index (κ2) is 7.98. The van der Waals surface area contributed by atoms with Gasteiger partial charge in [-0.15, -0.1) is 10.2 Å². The summed E-state index contributed by atoms with van der Waals surface area (Å²) < 4.78 is 10.3. The maximum Gasteiger partial charge on any atom is 0.231 e. The summed E-state index contributed by atoms with van der Waals surface area (Å²) >= 11 is 7.27. The van der Waals surface area contributed by atoms with Crippen LogP contribution >= 0.6 is 22.9 Å². The molecule has 2 amide bonds. The van der Waals surface area contributed by atoms with Gasteiger partial charge in [0.25, 0.3) is 0 Å². The lowest BCUT2D eigenvalue weighted by Gasteiger charge is -2.19. The molecule has 2 heterocycles. The van der Waals surface area contributed by atoms with Gasteiger partial charge in [0, 0.05) is 25.1 Å². The van der Waals surface area contributed by atoms with Crippen molar-refractivity contribution in [2.75, 3.05) is 31.0 Å². The molecule has 3 rings (SSSR count). The lowest BCUT2D eigenvalue weighted by molar-refractivity contribution is -0.122. The number of methoxy groups -OCH3 is 2. The maximum absolute atomic E-state index is 12.5. The minimum absolute atomic E-state index is 0.102. The summed E-state index contributed by atoms with van der Waals surface area (Å²) in [5, 5.41) is 12.1. The van der Waals surface area contributed by atoms with Crippen molar-refractivity contribution in [3.05, 3.63) is 28.2 Å². The Morgan fingerprint density at radius 2 is 2.23 bits per heavy atom. The summed E-state index contributed by atoms with van der Waals surface area (Å²) in [4.78, 5) is 26.4. The summed E-state index contributed by atoms with van der Waals surface area (Å²) in [5.74, 6) is -0.414. The van der Waals surface area contributed by atoms with Gasteiger partial charge in [-0.1, -0.05) is 22.9 Å². The maximum atomic E-state index is 12.5.